The van der Waals surface area contributed by atoms with Crippen molar-refractivity contribution in [2.45, 2.75) is 52.0 Å². The summed E-state index contributed by atoms with van der Waals surface area (Å²) >= 11 is 0. The Kier molecular flexibility index (Phi) is 5.41. The van der Waals surface area contributed by atoms with Crippen LogP contribution in [-0.2, 0) is 6.42 Å². The summed E-state index contributed by atoms with van der Waals surface area (Å²) in [6.07, 6.45) is 5.91. The monoisotopic (exact) mass is 205 g/mol. The first-order valence-electron chi connectivity index (χ1n) is 6.03. The zero-order valence-corrected chi connectivity index (χ0v) is 10.00. The van der Waals surface area contributed by atoms with Gasteiger partial charge in [-0.1, -0.05) is 49.6 Å². The average molecular weight is 205 g/mol. The number of hydrogen-bond donors (Lipinski definition) is 1. The Morgan fingerprint density at radius 1 is 1.13 bits per heavy atom. The molecule has 15 heavy (non-hydrogen) atoms. The summed E-state index contributed by atoms with van der Waals surface area (Å²) in [7, 11) is 0. The normalized spacial score (nSPS) is 12.7. The summed E-state index contributed by atoms with van der Waals surface area (Å²) < 4.78 is 0. The number of unbranched alkanes of at least 4 members (excludes halogenated alkanes) is 1. The van der Waals surface area contributed by atoms with Crippen LogP contribution in [0.4, 0.5) is 0 Å². The highest BCUT2D eigenvalue weighted by Gasteiger charge is 2.02. The molecule has 0 radical (unpaired) electrons. The summed E-state index contributed by atoms with van der Waals surface area (Å²) in [4.78, 5) is 0. The Bertz CT molecular complexity index is 263. The first-order chi connectivity index (χ1) is 7.22. The van der Waals surface area contributed by atoms with E-state index in [2.05, 4.69) is 38.1 Å². The van der Waals surface area contributed by atoms with Gasteiger partial charge in [-0.05, 0) is 31.7 Å². The summed E-state index contributed by atoms with van der Waals surface area (Å²) in [6, 6.07) is 9.15. The van der Waals surface area contributed by atoms with Gasteiger partial charge in [-0.15, -0.1) is 0 Å². The molecule has 0 aliphatic rings. The van der Waals surface area contributed by atoms with E-state index in [0.29, 0.717) is 6.04 Å². The molecule has 84 valence electrons. The van der Waals surface area contributed by atoms with Crippen LogP contribution in [0.1, 0.15) is 43.7 Å². The molecule has 0 spiro atoms. The average Bonchev–Trinajstić information content (AvgIpc) is 2.25. The molecule has 0 heterocycles. The Morgan fingerprint density at radius 3 is 2.40 bits per heavy atom. The summed E-state index contributed by atoms with van der Waals surface area (Å²) in [5, 5.41) is 0. The van der Waals surface area contributed by atoms with Crippen LogP contribution in [0.15, 0.2) is 24.3 Å². The van der Waals surface area contributed by atoms with Gasteiger partial charge in [-0.2, -0.15) is 0 Å². The van der Waals surface area contributed by atoms with Crippen molar-refractivity contribution in [1.82, 2.24) is 0 Å². The Balaban J connectivity index is 2.27. The van der Waals surface area contributed by atoms with Crippen LogP contribution in [0, 0.1) is 6.92 Å². The second-order valence-corrected chi connectivity index (χ2v) is 4.43. The van der Waals surface area contributed by atoms with Gasteiger partial charge >= 0.3 is 0 Å². The smallest absolute Gasteiger partial charge is 0.00419 e. The van der Waals surface area contributed by atoms with E-state index < -0.39 is 0 Å². The van der Waals surface area contributed by atoms with E-state index in [0.717, 1.165) is 12.8 Å². The SMILES string of the molecule is CCCCC(N)CCc1ccc(C)cc1. The maximum absolute atomic E-state index is 6.04. The minimum atomic E-state index is 0.381. The lowest BCUT2D eigenvalue weighted by molar-refractivity contribution is 0.541. The third kappa shape index (κ3) is 4.98. The predicted octanol–water partition coefficient (Wildman–Crippen LogP) is 3.45. The molecule has 1 unspecified atom stereocenters. The van der Waals surface area contributed by atoms with Crippen LogP contribution in [0.3, 0.4) is 0 Å². The molecule has 0 amide bonds. The number of rotatable bonds is 6. The Hall–Kier alpha value is -0.820. The fourth-order valence-corrected chi connectivity index (χ4v) is 1.72. The van der Waals surface area contributed by atoms with Gasteiger partial charge in [0.15, 0.2) is 0 Å². The molecule has 0 aromatic heterocycles. The fraction of sp³-hybridized carbons (Fsp3) is 0.571. The van der Waals surface area contributed by atoms with Gasteiger partial charge in [0.05, 0.1) is 0 Å². The quantitative estimate of drug-likeness (QED) is 0.756. The van der Waals surface area contributed by atoms with Crippen LogP contribution in [0.25, 0.3) is 0 Å². The zero-order valence-electron chi connectivity index (χ0n) is 10.00. The highest BCUT2D eigenvalue weighted by atomic mass is 14.6. The first-order valence-corrected chi connectivity index (χ1v) is 6.03. The number of hydrogen-bond acceptors (Lipinski definition) is 1. The standard InChI is InChI=1S/C14H23N/c1-3-4-5-14(15)11-10-13-8-6-12(2)7-9-13/h6-9,14H,3-5,10-11,15H2,1-2H3. The molecule has 1 heteroatoms. The minimum Gasteiger partial charge on any atom is -0.328 e. The molecular formula is C14H23N. The van der Waals surface area contributed by atoms with Crippen LogP contribution in [-0.4, -0.2) is 6.04 Å². The molecule has 2 N–H and O–H groups in total. The lowest BCUT2D eigenvalue weighted by atomic mass is 10.0. The molecule has 1 atom stereocenters. The van der Waals surface area contributed by atoms with Gasteiger partial charge < -0.3 is 5.73 Å². The van der Waals surface area contributed by atoms with Gasteiger partial charge in [0.1, 0.15) is 0 Å². The van der Waals surface area contributed by atoms with E-state index in [1.54, 1.807) is 0 Å². The second-order valence-electron chi connectivity index (χ2n) is 4.43. The summed E-state index contributed by atoms with van der Waals surface area (Å²) in [6.45, 7) is 4.34. The van der Waals surface area contributed by atoms with E-state index >= 15 is 0 Å². The molecule has 0 aliphatic carbocycles. The number of benzene rings is 1. The van der Waals surface area contributed by atoms with Crippen LogP contribution in [0.5, 0.6) is 0 Å². The van der Waals surface area contributed by atoms with Crippen LogP contribution >= 0.6 is 0 Å². The number of nitrogens with two attached hydrogens (primary N) is 1. The van der Waals surface area contributed by atoms with Crippen molar-refractivity contribution in [3.63, 3.8) is 0 Å². The first kappa shape index (κ1) is 12.3. The highest BCUT2D eigenvalue weighted by molar-refractivity contribution is 5.21. The molecule has 1 rings (SSSR count). The third-order valence-corrected chi connectivity index (χ3v) is 2.85. The van der Waals surface area contributed by atoms with Gasteiger partial charge in [0, 0.05) is 6.04 Å². The maximum atomic E-state index is 6.04. The molecule has 1 aromatic rings. The van der Waals surface area contributed by atoms with Crippen molar-refractivity contribution in [3.8, 4) is 0 Å². The summed E-state index contributed by atoms with van der Waals surface area (Å²) in [5.41, 5.74) is 8.78. The van der Waals surface area contributed by atoms with Crippen LogP contribution < -0.4 is 5.73 Å². The summed E-state index contributed by atoms with van der Waals surface area (Å²) in [5.74, 6) is 0. The molecule has 0 fully saturated rings. The van der Waals surface area contributed by atoms with Crippen molar-refractivity contribution >= 4 is 0 Å². The predicted molar refractivity (Wildman–Crippen MR) is 67.0 cm³/mol. The van der Waals surface area contributed by atoms with Crippen molar-refractivity contribution in [2.75, 3.05) is 0 Å². The molecule has 0 bridgehead atoms. The van der Waals surface area contributed by atoms with Crippen LogP contribution in [0.2, 0.25) is 0 Å². The molecule has 0 saturated heterocycles. The lowest BCUT2D eigenvalue weighted by Crippen LogP contribution is -2.20. The van der Waals surface area contributed by atoms with Crippen molar-refractivity contribution in [3.05, 3.63) is 35.4 Å². The van der Waals surface area contributed by atoms with Gasteiger partial charge in [0.2, 0.25) is 0 Å². The lowest BCUT2D eigenvalue weighted by Gasteiger charge is -2.10. The zero-order chi connectivity index (χ0) is 11.1. The van der Waals surface area contributed by atoms with Gasteiger partial charge in [-0.3, -0.25) is 0 Å². The molecule has 1 aromatic carbocycles. The number of aryl methyl sites for hydroxylation is 2. The topological polar surface area (TPSA) is 26.0 Å². The fourth-order valence-electron chi connectivity index (χ4n) is 1.72. The van der Waals surface area contributed by atoms with Crippen molar-refractivity contribution < 1.29 is 0 Å². The maximum Gasteiger partial charge on any atom is 0.00419 e. The molecule has 1 nitrogen and oxygen atoms in total. The molecular weight excluding hydrogens is 182 g/mol. The van der Waals surface area contributed by atoms with Gasteiger partial charge in [-0.25, -0.2) is 0 Å². The Labute approximate surface area is 93.7 Å². The highest BCUT2D eigenvalue weighted by Crippen LogP contribution is 2.09. The Morgan fingerprint density at radius 2 is 1.80 bits per heavy atom. The second kappa shape index (κ2) is 6.62. The van der Waals surface area contributed by atoms with E-state index in [9.17, 15) is 0 Å². The van der Waals surface area contributed by atoms with E-state index in [4.69, 9.17) is 5.73 Å². The molecule has 0 saturated carbocycles. The van der Waals surface area contributed by atoms with E-state index in [1.807, 2.05) is 0 Å². The minimum absolute atomic E-state index is 0.381. The van der Waals surface area contributed by atoms with E-state index in [-0.39, 0.29) is 0 Å². The van der Waals surface area contributed by atoms with E-state index in [1.165, 1.54) is 30.4 Å². The van der Waals surface area contributed by atoms with Gasteiger partial charge in [0.25, 0.3) is 0 Å². The van der Waals surface area contributed by atoms with Crippen molar-refractivity contribution in [1.29, 1.82) is 0 Å². The largest absolute Gasteiger partial charge is 0.328 e. The third-order valence-electron chi connectivity index (χ3n) is 2.85. The molecule has 0 aliphatic heterocycles. The van der Waals surface area contributed by atoms with Crippen molar-refractivity contribution in [2.24, 2.45) is 5.73 Å².